The predicted octanol–water partition coefficient (Wildman–Crippen LogP) is 2.16. The molecular weight excluding hydrogens is 354 g/mol. The first-order chi connectivity index (χ1) is 12.3. The number of nitrogens with zero attached hydrogens (tertiary/aromatic N) is 1. The summed E-state index contributed by atoms with van der Waals surface area (Å²) in [4.78, 5) is 15.1. The van der Waals surface area contributed by atoms with Gasteiger partial charge in [-0.1, -0.05) is 17.5 Å². The van der Waals surface area contributed by atoms with Crippen molar-refractivity contribution in [3.05, 3.63) is 22.7 Å². The molecule has 3 atom stereocenters. The molecule has 1 aromatic rings. The fourth-order valence-corrected chi connectivity index (χ4v) is 3.15. The minimum absolute atomic E-state index is 0.0730. The highest BCUT2D eigenvalue weighted by Crippen LogP contribution is 2.30. The third-order valence-electron chi connectivity index (χ3n) is 4.38. The molecular formula is C19H26ClN3O3. The van der Waals surface area contributed by atoms with Gasteiger partial charge < -0.3 is 25.4 Å². The molecule has 0 saturated carbocycles. The molecule has 1 saturated heterocycles. The van der Waals surface area contributed by atoms with Crippen LogP contribution in [-0.2, 0) is 4.74 Å². The molecule has 2 rings (SSSR count). The Bertz CT molecular complexity index is 714. The summed E-state index contributed by atoms with van der Waals surface area (Å²) in [5, 5.41) is 3.35. The summed E-state index contributed by atoms with van der Waals surface area (Å²) in [7, 11) is 3.69. The minimum Gasteiger partial charge on any atom is -0.477 e. The first kappa shape index (κ1) is 20.4. The summed E-state index contributed by atoms with van der Waals surface area (Å²) in [6.07, 6.45) is 0.357. The van der Waals surface area contributed by atoms with E-state index in [9.17, 15) is 4.79 Å². The van der Waals surface area contributed by atoms with E-state index in [0.29, 0.717) is 22.0 Å². The van der Waals surface area contributed by atoms with Gasteiger partial charge in [0.2, 0.25) is 0 Å². The number of anilines is 1. The monoisotopic (exact) mass is 379 g/mol. The summed E-state index contributed by atoms with van der Waals surface area (Å²) < 4.78 is 11.3. The van der Waals surface area contributed by atoms with Gasteiger partial charge in [-0.05, 0) is 39.9 Å². The molecule has 0 aromatic heterocycles. The van der Waals surface area contributed by atoms with E-state index in [0.717, 1.165) is 19.5 Å². The number of carbonyl (C=O) groups is 1. The van der Waals surface area contributed by atoms with Crippen LogP contribution in [0.3, 0.4) is 0 Å². The summed E-state index contributed by atoms with van der Waals surface area (Å²) in [6, 6.07) is 3.01. The summed E-state index contributed by atoms with van der Waals surface area (Å²) in [5.74, 6) is 5.78. The number of carbonyl (C=O) groups excluding carboxylic acids is 1. The summed E-state index contributed by atoms with van der Waals surface area (Å²) in [6.45, 7) is 5.19. The number of halogens is 1. The van der Waals surface area contributed by atoms with Crippen molar-refractivity contribution in [1.29, 1.82) is 0 Å². The molecule has 3 unspecified atom stereocenters. The SMILES string of the molecule is CC#CC(C)Oc1cc(N)c(Cl)cc1C(=O)NC1CCN(C)CC1OC. The largest absolute Gasteiger partial charge is 0.477 e. The number of methoxy groups -OCH3 is 1. The van der Waals surface area contributed by atoms with Crippen LogP contribution in [0.1, 0.15) is 30.6 Å². The molecule has 7 heteroatoms. The maximum absolute atomic E-state index is 12.9. The van der Waals surface area contributed by atoms with E-state index in [1.165, 1.54) is 6.07 Å². The Morgan fingerprint density at radius 3 is 2.88 bits per heavy atom. The van der Waals surface area contributed by atoms with Gasteiger partial charge in [-0.25, -0.2) is 0 Å². The van der Waals surface area contributed by atoms with Gasteiger partial charge in [0.1, 0.15) is 5.75 Å². The lowest BCUT2D eigenvalue weighted by Gasteiger charge is -2.36. The van der Waals surface area contributed by atoms with Crippen molar-refractivity contribution in [3.63, 3.8) is 0 Å². The Kier molecular flexibility index (Phi) is 7.15. The Labute approximate surface area is 160 Å². The van der Waals surface area contributed by atoms with Crippen molar-refractivity contribution in [1.82, 2.24) is 10.2 Å². The molecule has 142 valence electrons. The Morgan fingerprint density at radius 1 is 1.50 bits per heavy atom. The minimum atomic E-state index is -0.373. The molecule has 0 spiro atoms. The van der Waals surface area contributed by atoms with Gasteiger partial charge in [0.15, 0.2) is 6.10 Å². The number of hydrogen-bond acceptors (Lipinski definition) is 5. The lowest BCUT2D eigenvalue weighted by molar-refractivity contribution is 0.0141. The fraction of sp³-hybridized carbons (Fsp3) is 0.526. The molecule has 26 heavy (non-hydrogen) atoms. The fourth-order valence-electron chi connectivity index (χ4n) is 2.99. The normalized spacial score (nSPS) is 21.4. The molecule has 0 aliphatic carbocycles. The number of likely N-dealkylation sites (tertiary alicyclic amines) is 1. The quantitative estimate of drug-likeness (QED) is 0.605. The third kappa shape index (κ3) is 5.04. The second-order valence-corrected chi connectivity index (χ2v) is 6.84. The zero-order valence-electron chi connectivity index (χ0n) is 15.6. The first-order valence-electron chi connectivity index (χ1n) is 8.55. The molecule has 0 bridgehead atoms. The van der Waals surface area contributed by atoms with E-state index in [1.54, 1.807) is 27.0 Å². The molecule has 0 radical (unpaired) electrons. The number of nitrogens with two attached hydrogens (primary N) is 1. The molecule has 1 aliphatic rings. The van der Waals surface area contributed by atoms with Crippen molar-refractivity contribution >= 4 is 23.2 Å². The van der Waals surface area contributed by atoms with Crippen LogP contribution in [0.25, 0.3) is 0 Å². The predicted molar refractivity (Wildman–Crippen MR) is 104 cm³/mol. The molecule has 1 aromatic carbocycles. The average Bonchev–Trinajstić information content (AvgIpc) is 2.59. The van der Waals surface area contributed by atoms with Crippen molar-refractivity contribution in [2.45, 2.75) is 38.5 Å². The average molecular weight is 380 g/mol. The number of amides is 1. The van der Waals surface area contributed by atoms with E-state index >= 15 is 0 Å². The summed E-state index contributed by atoms with van der Waals surface area (Å²) >= 11 is 6.13. The maximum Gasteiger partial charge on any atom is 0.255 e. The van der Waals surface area contributed by atoms with Gasteiger partial charge in [-0.15, -0.1) is 5.92 Å². The second-order valence-electron chi connectivity index (χ2n) is 6.43. The highest BCUT2D eigenvalue weighted by Gasteiger charge is 2.30. The van der Waals surface area contributed by atoms with Crippen molar-refractivity contribution in [2.75, 3.05) is 33.0 Å². The second kappa shape index (κ2) is 9.13. The van der Waals surface area contributed by atoms with Crippen LogP contribution in [0.2, 0.25) is 5.02 Å². The van der Waals surface area contributed by atoms with Gasteiger partial charge in [-0.3, -0.25) is 4.79 Å². The zero-order valence-corrected chi connectivity index (χ0v) is 16.4. The molecule has 1 fully saturated rings. The molecule has 1 aliphatic heterocycles. The van der Waals surface area contributed by atoms with E-state index < -0.39 is 0 Å². The van der Waals surface area contributed by atoms with E-state index in [2.05, 4.69) is 22.1 Å². The first-order valence-corrected chi connectivity index (χ1v) is 8.93. The Hall–Kier alpha value is -1.94. The van der Waals surface area contributed by atoms with Gasteiger partial charge >= 0.3 is 0 Å². The lowest BCUT2D eigenvalue weighted by atomic mass is 10.0. The zero-order chi connectivity index (χ0) is 19.3. The number of hydrogen-bond donors (Lipinski definition) is 2. The van der Waals surface area contributed by atoms with Crippen LogP contribution in [0, 0.1) is 11.8 Å². The molecule has 1 amide bonds. The van der Waals surface area contributed by atoms with Gasteiger partial charge in [-0.2, -0.15) is 0 Å². The number of nitrogen functional groups attached to an aromatic ring is 1. The molecule has 6 nitrogen and oxygen atoms in total. The number of benzene rings is 1. The van der Waals surface area contributed by atoms with E-state index in [1.807, 2.05) is 7.05 Å². The third-order valence-corrected chi connectivity index (χ3v) is 4.70. The maximum atomic E-state index is 12.9. The molecule has 3 N–H and O–H groups in total. The van der Waals surface area contributed by atoms with E-state index in [4.69, 9.17) is 26.8 Å². The van der Waals surface area contributed by atoms with Gasteiger partial charge in [0.05, 0.1) is 28.4 Å². The standard InChI is InChI=1S/C19H26ClN3O3/c1-5-6-12(2)26-17-10-15(21)14(20)9-13(17)19(24)22-16-7-8-23(3)11-18(16)25-4/h9-10,12,16,18H,7-8,11,21H2,1-4H3,(H,22,24). The van der Waals surface area contributed by atoms with Crippen molar-refractivity contribution in [3.8, 4) is 17.6 Å². The molecule has 1 heterocycles. The Morgan fingerprint density at radius 2 is 2.23 bits per heavy atom. The smallest absolute Gasteiger partial charge is 0.255 e. The van der Waals surface area contributed by atoms with Crippen molar-refractivity contribution in [2.24, 2.45) is 0 Å². The number of nitrogens with one attached hydrogen (secondary N) is 1. The van der Waals surface area contributed by atoms with Crippen LogP contribution in [0.5, 0.6) is 5.75 Å². The topological polar surface area (TPSA) is 76.8 Å². The lowest BCUT2D eigenvalue weighted by Crippen LogP contribution is -2.53. The van der Waals surface area contributed by atoms with Gasteiger partial charge in [0.25, 0.3) is 5.91 Å². The highest BCUT2D eigenvalue weighted by atomic mass is 35.5. The van der Waals surface area contributed by atoms with E-state index in [-0.39, 0.29) is 24.2 Å². The van der Waals surface area contributed by atoms with Gasteiger partial charge in [0, 0.05) is 19.7 Å². The van der Waals surface area contributed by atoms with Crippen LogP contribution < -0.4 is 15.8 Å². The number of piperidine rings is 1. The van der Waals surface area contributed by atoms with Crippen LogP contribution in [0.15, 0.2) is 12.1 Å². The Balaban J connectivity index is 2.23. The van der Waals surface area contributed by atoms with Crippen molar-refractivity contribution < 1.29 is 14.3 Å². The summed E-state index contributed by atoms with van der Waals surface area (Å²) in [5.41, 5.74) is 6.56. The highest BCUT2D eigenvalue weighted by molar-refractivity contribution is 6.33. The van der Waals surface area contributed by atoms with Crippen LogP contribution >= 0.6 is 11.6 Å². The number of rotatable bonds is 5. The number of ether oxygens (including phenoxy) is 2. The van der Waals surface area contributed by atoms with Crippen LogP contribution in [0.4, 0.5) is 5.69 Å². The number of likely N-dealkylation sites (N-methyl/N-ethyl adjacent to an activating group) is 1. The van der Waals surface area contributed by atoms with Crippen LogP contribution in [-0.4, -0.2) is 56.3 Å².